The van der Waals surface area contributed by atoms with Crippen LogP contribution in [0, 0.1) is 13.8 Å². The molecule has 1 heterocycles. The summed E-state index contributed by atoms with van der Waals surface area (Å²) in [4.78, 5) is 0. The molecule has 0 bridgehead atoms. The first-order chi connectivity index (χ1) is 23.1. The predicted octanol–water partition coefficient (Wildman–Crippen LogP) is 13.3. The monoisotopic (exact) mass is 598 g/mol. The molecule has 0 spiro atoms. The van der Waals surface area contributed by atoms with Crippen molar-refractivity contribution in [1.29, 1.82) is 0 Å². The molecule has 0 saturated heterocycles. The molecule has 0 fully saturated rings. The van der Waals surface area contributed by atoms with Crippen LogP contribution in [0.2, 0.25) is 0 Å². The molecule has 10 rings (SSSR count). The summed E-state index contributed by atoms with van der Waals surface area (Å²) in [5.74, 6) is 0. The third kappa shape index (κ3) is 3.84. The Morgan fingerprint density at radius 3 is 1.94 bits per heavy atom. The molecule has 0 amide bonds. The van der Waals surface area contributed by atoms with E-state index in [2.05, 4.69) is 159 Å². The second kappa shape index (κ2) is 9.79. The van der Waals surface area contributed by atoms with Crippen molar-refractivity contribution in [3.8, 4) is 22.3 Å². The van der Waals surface area contributed by atoms with Crippen molar-refractivity contribution in [2.75, 3.05) is 0 Å². The molecular weight excluding hydrogens is 569 g/mol. The highest BCUT2D eigenvalue weighted by molar-refractivity contribution is 6.30. The number of rotatable bonds is 2. The van der Waals surface area contributed by atoms with Gasteiger partial charge in [-0.3, -0.25) is 0 Å². The van der Waals surface area contributed by atoms with Gasteiger partial charge in [-0.15, -0.1) is 0 Å². The summed E-state index contributed by atoms with van der Waals surface area (Å²) in [7, 11) is 0. The number of benzene rings is 9. The van der Waals surface area contributed by atoms with Crippen LogP contribution in [-0.2, 0) is 0 Å². The Balaban J connectivity index is 1.24. The van der Waals surface area contributed by atoms with Gasteiger partial charge in [0.2, 0.25) is 0 Å². The lowest BCUT2D eigenvalue weighted by Gasteiger charge is -2.18. The smallest absolute Gasteiger partial charge is 0.143 e. The number of hydrogen-bond donors (Lipinski definition) is 0. The van der Waals surface area contributed by atoms with Crippen LogP contribution in [0.25, 0.3) is 98.1 Å². The van der Waals surface area contributed by atoms with Gasteiger partial charge in [-0.05, 0) is 126 Å². The van der Waals surface area contributed by atoms with E-state index in [1.54, 1.807) is 0 Å². The molecule has 0 atom stereocenters. The van der Waals surface area contributed by atoms with Gasteiger partial charge in [0.25, 0.3) is 0 Å². The number of furan rings is 1. The third-order valence-corrected chi connectivity index (χ3v) is 10.3. The molecule has 0 N–H and O–H groups in total. The molecule has 10 aromatic rings. The van der Waals surface area contributed by atoms with Gasteiger partial charge in [0.05, 0.1) is 0 Å². The predicted molar refractivity (Wildman–Crippen MR) is 202 cm³/mol. The van der Waals surface area contributed by atoms with Gasteiger partial charge in [0.1, 0.15) is 11.2 Å². The van der Waals surface area contributed by atoms with Crippen LogP contribution in [0.5, 0.6) is 0 Å². The molecule has 1 aromatic heterocycles. The Kier molecular flexibility index (Phi) is 5.48. The minimum atomic E-state index is 0.933. The maximum Gasteiger partial charge on any atom is 0.143 e. The Morgan fingerprint density at radius 2 is 1.06 bits per heavy atom. The third-order valence-electron chi connectivity index (χ3n) is 10.3. The van der Waals surface area contributed by atoms with E-state index < -0.39 is 0 Å². The fourth-order valence-corrected chi connectivity index (χ4v) is 8.14. The maximum absolute atomic E-state index is 6.67. The van der Waals surface area contributed by atoms with E-state index in [0.29, 0.717) is 0 Å². The van der Waals surface area contributed by atoms with Gasteiger partial charge < -0.3 is 4.42 Å². The van der Waals surface area contributed by atoms with E-state index in [1.165, 1.54) is 92.6 Å². The molecule has 1 nitrogen and oxygen atoms in total. The molecule has 0 aliphatic rings. The van der Waals surface area contributed by atoms with Crippen LogP contribution >= 0.6 is 0 Å². The highest BCUT2D eigenvalue weighted by Gasteiger charge is 2.19. The molecule has 0 radical (unpaired) electrons. The van der Waals surface area contributed by atoms with Gasteiger partial charge >= 0.3 is 0 Å². The second-order valence-corrected chi connectivity index (χ2v) is 13.0. The van der Waals surface area contributed by atoms with Crippen molar-refractivity contribution < 1.29 is 4.42 Å². The summed E-state index contributed by atoms with van der Waals surface area (Å²) in [6, 6.07) is 53.2. The van der Waals surface area contributed by atoms with E-state index in [4.69, 9.17) is 4.42 Å². The number of fused-ring (bicyclic) bond motifs is 12. The molecule has 9 aromatic carbocycles. The Labute approximate surface area is 272 Å². The molecule has 0 unspecified atom stereocenters. The Morgan fingerprint density at radius 1 is 0.383 bits per heavy atom. The van der Waals surface area contributed by atoms with E-state index in [9.17, 15) is 0 Å². The minimum Gasteiger partial charge on any atom is -0.455 e. The zero-order valence-corrected chi connectivity index (χ0v) is 26.3. The lowest BCUT2D eigenvalue weighted by atomic mass is 9.85. The standard InChI is InChI=1S/C46H30O/c1-27-22-42-40-26-43-41(38-21-20-30-11-5-6-15-35(30)46(38)47-43)25-39(40)36-16-7-8-17-37(36)45(42)28(2)44(27)34-14-9-13-32(24-34)33-19-18-29-10-3-4-12-31(29)23-33/h3-26H,1-2H3. The van der Waals surface area contributed by atoms with E-state index in [0.717, 1.165) is 16.6 Å². The molecule has 0 aliphatic heterocycles. The van der Waals surface area contributed by atoms with Crippen molar-refractivity contribution in [2.24, 2.45) is 0 Å². The van der Waals surface area contributed by atoms with Gasteiger partial charge in [-0.2, -0.15) is 0 Å². The van der Waals surface area contributed by atoms with Gasteiger partial charge in [0.15, 0.2) is 0 Å². The molecule has 220 valence electrons. The minimum absolute atomic E-state index is 0.933. The zero-order valence-electron chi connectivity index (χ0n) is 26.3. The fourth-order valence-electron chi connectivity index (χ4n) is 8.14. The fraction of sp³-hybridized carbons (Fsp3) is 0.0435. The van der Waals surface area contributed by atoms with Gasteiger partial charge in [-0.1, -0.05) is 115 Å². The summed E-state index contributed by atoms with van der Waals surface area (Å²) in [6.45, 7) is 4.56. The molecule has 47 heavy (non-hydrogen) atoms. The topological polar surface area (TPSA) is 13.1 Å². The van der Waals surface area contributed by atoms with Crippen LogP contribution in [0.1, 0.15) is 11.1 Å². The highest BCUT2D eigenvalue weighted by atomic mass is 16.3. The Bertz CT molecular complexity index is 2920. The van der Waals surface area contributed by atoms with Gasteiger partial charge in [-0.25, -0.2) is 0 Å². The lowest BCUT2D eigenvalue weighted by molar-refractivity contribution is 0.673. The average molecular weight is 599 g/mol. The van der Waals surface area contributed by atoms with Crippen LogP contribution in [0.3, 0.4) is 0 Å². The SMILES string of the molecule is Cc1cc2c3cc4oc5c6ccccc6ccc5c4cc3c3ccccc3c2c(C)c1-c1cccc(-c2ccc3ccccc3c2)c1. The largest absolute Gasteiger partial charge is 0.455 e. The van der Waals surface area contributed by atoms with Crippen molar-refractivity contribution >= 4 is 75.8 Å². The molecular formula is C46H30O. The Hall–Kier alpha value is -5.92. The normalized spacial score (nSPS) is 12.0. The van der Waals surface area contributed by atoms with Crippen LogP contribution < -0.4 is 0 Å². The summed E-state index contributed by atoms with van der Waals surface area (Å²) in [6.07, 6.45) is 0. The first-order valence-corrected chi connectivity index (χ1v) is 16.3. The second-order valence-electron chi connectivity index (χ2n) is 13.0. The van der Waals surface area contributed by atoms with Crippen LogP contribution in [0.4, 0.5) is 0 Å². The van der Waals surface area contributed by atoms with Crippen molar-refractivity contribution in [1.82, 2.24) is 0 Å². The summed E-state index contributed by atoms with van der Waals surface area (Å²) in [5.41, 5.74) is 9.50. The van der Waals surface area contributed by atoms with Crippen LogP contribution in [-0.4, -0.2) is 0 Å². The van der Waals surface area contributed by atoms with Crippen LogP contribution in [0.15, 0.2) is 150 Å². The first-order valence-electron chi connectivity index (χ1n) is 16.3. The van der Waals surface area contributed by atoms with Crippen molar-refractivity contribution in [3.63, 3.8) is 0 Å². The lowest BCUT2D eigenvalue weighted by Crippen LogP contribution is -1.94. The summed E-state index contributed by atoms with van der Waals surface area (Å²) in [5, 5.41) is 14.9. The van der Waals surface area contributed by atoms with Crippen molar-refractivity contribution in [2.45, 2.75) is 13.8 Å². The summed E-state index contributed by atoms with van der Waals surface area (Å²) < 4.78 is 6.67. The highest BCUT2D eigenvalue weighted by Crippen LogP contribution is 2.45. The first kappa shape index (κ1) is 26.3. The van der Waals surface area contributed by atoms with E-state index in [-0.39, 0.29) is 0 Å². The molecule has 0 aliphatic carbocycles. The van der Waals surface area contributed by atoms with E-state index in [1.807, 2.05) is 0 Å². The maximum atomic E-state index is 6.67. The quantitative estimate of drug-likeness (QED) is 0.180. The molecule has 0 saturated carbocycles. The van der Waals surface area contributed by atoms with Gasteiger partial charge in [0, 0.05) is 16.2 Å². The summed E-state index contributed by atoms with van der Waals surface area (Å²) >= 11 is 0. The molecule has 1 heteroatoms. The number of hydrogen-bond acceptors (Lipinski definition) is 1. The number of aryl methyl sites for hydroxylation is 2. The van der Waals surface area contributed by atoms with E-state index >= 15 is 0 Å². The average Bonchev–Trinajstić information content (AvgIpc) is 3.49. The van der Waals surface area contributed by atoms with Crippen molar-refractivity contribution in [3.05, 3.63) is 157 Å². The zero-order chi connectivity index (χ0) is 31.2.